The first-order chi connectivity index (χ1) is 11.1. The molecule has 1 aliphatic rings. The number of hydrogen-bond donors (Lipinski definition) is 1. The van der Waals surface area contributed by atoms with E-state index < -0.39 is 0 Å². The Morgan fingerprint density at radius 3 is 2.61 bits per heavy atom. The van der Waals surface area contributed by atoms with Crippen molar-refractivity contribution >= 4 is 29.4 Å². The third-order valence-electron chi connectivity index (χ3n) is 3.82. The summed E-state index contributed by atoms with van der Waals surface area (Å²) in [7, 11) is 0. The number of nitrogens with one attached hydrogen (secondary N) is 1. The average molecular weight is 325 g/mol. The molecule has 0 fully saturated rings. The van der Waals surface area contributed by atoms with Gasteiger partial charge in [0.1, 0.15) is 11.5 Å². The van der Waals surface area contributed by atoms with E-state index in [2.05, 4.69) is 10.3 Å². The molecule has 0 radical (unpaired) electrons. The molecule has 2 aromatic carbocycles. The van der Waals surface area contributed by atoms with Crippen LogP contribution in [-0.2, 0) is 11.2 Å². The van der Waals surface area contributed by atoms with Crippen molar-refractivity contribution in [3.63, 3.8) is 0 Å². The second-order valence-corrected chi connectivity index (χ2v) is 5.90. The van der Waals surface area contributed by atoms with E-state index in [4.69, 9.17) is 11.6 Å². The van der Waals surface area contributed by atoms with Crippen molar-refractivity contribution in [2.45, 2.75) is 19.8 Å². The van der Waals surface area contributed by atoms with Crippen molar-refractivity contribution in [2.75, 3.05) is 0 Å². The van der Waals surface area contributed by atoms with Crippen LogP contribution in [0.3, 0.4) is 0 Å². The van der Waals surface area contributed by atoms with Gasteiger partial charge in [-0.1, -0.05) is 54.1 Å². The Kier molecular flexibility index (Phi) is 4.58. The summed E-state index contributed by atoms with van der Waals surface area (Å²) < 4.78 is 0. The Balaban J connectivity index is 1.74. The van der Waals surface area contributed by atoms with Crippen LogP contribution in [0.5, 0.6) is 0 Å². The number of halogens is 1. The molecule has 0 spiro atoms. The number of nitrogens with zero attached hydrogens (tertiary/aromatic N) is 1. The Labute approximate surface area is 140 Å². The lowest BCUT2D eigenvalue weighted by Crippen LogP contribution is -2.24. The number of amides is 1. The molecular weight excluding hydrogens is 308 g/mol. The number of benzene rings is 2. The van der Waals surface area contributed by atoms with Gasteiger partial charge in [-0.15, -0.1) is 0 Å². The summed E-state index contributed by atoms with van der Waals surface area (Å²) in [6, 6.07) is 15.6. The van der Waals surface area contributed by atoms with E-state index in [1.54, 1.807) is 0 Å². The number of carbonyl (C=O) groups excluding carboxylic acids is 1. The lowest BCUT2D eigenvalue weighted by molar-refractivity contribution is -0.115. The summed E-state index contributed by atoms with van der Waals surface area (Å²) in [5, 5.41) is 3.58. The van der Waals surface area contributed by atoms with Gasteiger partial charge in [0.25, 0.3) is 5.91 Å². The summed E-state index contributed by atoms with van der Waals surface area (Å²) in [6.07, 6.45) is 3.23. The van der Waals surface area contributed by atoms with Crippen molar-refractivity contribution in [1.29, 1.82) is 0 Å². The predicted molar refractivity (Wildman–Crippen MR) is 94.5 cm³/mol. The van der Waals surface area contributed by atoms with Crippen LogP contribution in [0, 0.1) is 6.92 Å². The third kappa shape index (κ3) is 3.69. The normalized spacial score (nSPS) is 15.7. The average Bonchev–Trinajstić information content (AvgIpc) is 2.89. The SMILES string of the molecule is Cc1ccccc1/C=C1\N=C(CCc2ccccc2Cl)NC1=O. The van der Waals surface area contributed by atoms with Gasteiger partial charge in [-0.25, -0.2) is 4.99 Å². The van der Waals surface area contributed by atoms with Crippen LogP contribution < -0.4 is 5.32 Å². The number of hydrogen-bond acceptors (Lipinski definition) is 2. The summed E-state index contributed by atoms with van der Waals surface area (Å²) in [6.45, 7) is 2.02. The maximum absolute atomic E-state index is 12.1. The molecule has 1 amide bonds. The lowest BCUT2D eigenvalue weighted by atomic mass is 10.1. The van der Waals surface area contributed by atoms with Gasteiger partial charge >= 0.3 is 0 Å². The number of rotatable bonds is 4. The van der Waals surface area contributed by atoms with Crippen LogP contribution in [0.15, 0.2) is 59.2 Å². The van der Waals surface area contributed by atoms with Gasteiger partial charge in [-0.2, -0.15) is 0 Å². The van der Waals surface area contributed by atoms with E-state index in [0.29, 0.717) is 18.0 Å². The maximum atomic E-state index is 12.1. The van der Waals surface area contributed by atoms with Gasteiger partial charge < -0.3 is 5.32 Å². The first-order valence-corrected chi connectivity index (χ1v) is 7.91. The molecule has 116 valence electrons. The van der Waals surface area contributed by atoms with Crippen molar-refractivity contribution < 1.29 is 4.79 Å². The fourth-order valence-electron chi connectivity index (χ4n) is 2.49. The van der Waals surface area contributed by atoms with E-state index in [9.17, 15) is 4.79 Å². The zero-order chi connectivity index (χ0) is 16.2. The summed E-state index contributed by atoms with van der Waals surface area (Å²) in [5.74, 6) is 0.539. The van der Waals surface area contributed by atoms with E-state index in [-0.39, 0.29) is 5.91 Å². The molecule has 0 unspecified atom stereocenters. The number of aliphatic imine (C=N–C) groups is 1. The molecule has 0 saturated carbocycles. The smallest absolute Gasteiger partial charge is 0.275 e. The van der Waals surface area contributed by atoms with Crippen LogP contribution in [0.25, 0.3) is 6.08 Å². The molecule has 1 heterocycles. The highest BCUT2D eigenvalue weighted by molar-refractivity contribution is 6.31. The molecular formula is C19H17ClN2O. The first kappa shape index (κ1) is 15.5. The summed E-state index contributed by atoms with van der Waals surface area (Å²) in [4.78, 5) is 16.5. The van der Waals surface area contributed by atoms with Gasteiger partial charge in [0, 0.05) is 11.4 Å². The molecule has 0 aromatic heterocycles. The molecule has 1 N–H and O–H groups in total. The van der Waals surface area contributed by atoms with E-state index in [1.165, 1.54) is 0 Å². The van der Waals surface area contributed by atoms with Crippen molar-refractivity contribution in [3.8, 4) is 0 Å². The molecule has 1 aliphatic heterocycles. The molecule has 0 bridgehead atoms. The fourth-order valence-corrected chi connectivity index (χ4v) is 2.72. The zero-order valence-electron chi connectivity index (χ0n) is 12.8. The van der Waals surface area contributed by atoms with E-state index in [1.807, 2.05) is 61.5 Å². The molecule has 23 heavy (non-hydrogen) atoms. The standard InChI is InChI=1S/C19H17ClN2O/c1-13-6-2-3-8-15(13)12-17-19(23)22-18(21-17)11-10-14-7-4-5-9-16(14)20/h2-9,12H,10-11H2,1H3,(H,21,22,23)/b17-12-. The van der Waals surface area contributed by atoms with Crippen LogP contribution in [0.4, 0.5) is 0 Å². The minimum absolute atomic E-state index is 0.151. The maximum Gasteiger partial charge on any atom is 0.275 e. The number of amidine groups is 1. The highest BCUT2D eigenvalue weighted by Crippen LogP contribution is 2.19. The van der Waals surface area contributed by atoms with Crippen LogP contribution >= 0.6 is 11.6 Å². The Hall–Kier alpha value is -2.39. The molecule has 0 atom stereocenters. The minimum atomic E-state index is -0.151. The first-order valence-electron chi connectivity index (χ1n) is 7.53. The quantitative estimate of drug-likeness (QED) is 0.843. The van der Waals surface area contributed by atoms with Crippen LogP contribution in [0.1, 0.15) is 23.1 Å². The molecule has 3 rings (SSSR count). The van der Waals surface area contributed by atoms with Gasteiger partial charge in [0.05, 0.1) is 0 Å². The second-order valence-electron chi connectivity index (χ2n) is 5.49. The van der Waals surface area contributed by atoms with Crippen molar-refractivity contribution in [1.82, 2.24) is 5.32 Å². The number of aryl methyl sites for hydroxylation is 2. The molecule has 4 heteroatoms. The highest BCUT2D eigenvalue weighted by Gasteiger charge is 2.20. The van der Waals surface area contributed by atoms with Crippen molar-refractivity contribution in [3.05, 3.63) is 75.9 Å². The second kappa shape index (κ2) is 6.80. The summed E-state index contributed by atoms with van der Waals surface area (Å²) in [5.41, 5.74) is 3.64. The topological polar surface area (TPSA) is 41.5 Å². The Bertz CT molecular complexity index is 809. The van der Waals surface area contributed by atoms with Crippen molar-refractivity contribution in [2.24, 2.45) is 4.99 Å². The fraction of sp³-hybridized carbons (Fsp3) is 0.158. The Morgan fingerprint density at radius 1 is 1.09 bits per heavy atom. The van der Waals surface area contributed by atoms with Gasteiger partial charge in [0.2, 0.25) is 0 Å². The van der Waals surface area contributed by atoms with E-state index >= 15 is 0 Å². The number of carbonyl (C=O) groups is 1. The molecule has 0 saturated heterocycles. The zero-order valence-corrected chi connectivity index (χ0v) is 13.6. The predicted octanol–water partition coefficient (Wildman–Crippen LogP) is 4.15. The van der Waals surface area contributed by atoms with Gasteiger partial charge in [0.15, 0.2) is 0 Å². The Morgan fingerprint density at radius 2 is 1.83 bits per heavy atom. The monoisotopic (exact) mass is 324 g/mol. The van der Waals surface area contributed by atoms with Gasteiger partial charge in [-0.3, -0.25) is 4.79 Å². The van der Waals surface area contributed by atoms with Gasteiger partial charge in [-0.05, 0) is 42.2 Å². The lowest BCUT2D eigenvalue weighted by Gasteiger charge is -2.03. The highest BCUT2D eigenvalue weighted by atomic mass is 35.5. The molecule has 3 nitrogen and oxygen atoms in total. The minimum Gasteiger partial charge on any atom is -0.309 e. The third-order valence-corrected chi connectivity index (χ3v) is 4.18. The molecule has 2 aromatic rings. The van der Waals surface area contributed by atoms with Crippen LogP contribution in [0.2, 0.25) is 5.02 Å². The van der Waals surface area contributed by atoms with Crippen LogP contribution in [-0.4, -0.2) is 11.7 Å². The molecule has 0 aliphatic carbocycles. The largest absolute Gasteiger partial charge is 0.309 e. The summed E-state index contributed by atoms with van der Waals surface area (Å²) >= 11 is 6.15. The van der Waals surface area contributed by atoms with E-state index in [0.717, 1.165) is 28.1 Å².